The average Bonchev–Trinajstić information content (AvgIpc) is 3.34. The van der Waals surface area contributed by atoms with Gasteiger partial charge in [-0.25, -0.2) is 4.68 Å². The van der Waals surface area contributed by atoms with Crippen LogP contribution in [0, 0.1) is 5.92 Å². The predicted octanol–water partition coefficient (Wildman–Crippen LogP) is 0.357. The van der Waals surface area contributed by atoms with E-state index in [4.69, 9.17) is 0 Å². The molecule has 2 fully saturated rings. The van der Waals surface area contributed by atoms with E-state index in [1.807, 2.05) is 17.0 Å². The summed E-state index contributed by atoms with van der Waals surface area (Å²) in [5.74, 6) is 0.464. The predicted molar refractivity (Wildman–Crippen MR) is 84.4 cm³/mol. The standard InChI is InChI=1S/C16H18N6O2/c23-15(12-4-5-12)20-6-8-21(9-7-20)16(24)13-2-1-3-14(10-13)22-11-17-18-19-22/h1-3,10-12H,4-9H2. The molecule has 4 rings (SSSR count). The van der Waals surface area contributed by atoms with E-state index in [-0.39, 0.29) is 17.7 Å². The van der Waals surface area contributed by atoms with E-state index in [0.29, 0.717) is 31.7 Å². The first kappa shape index (κ1) is 14.8. The second kappa shape index (κ2) is 6.03. The molecule has 1 aromatic carbocycles. The van der Waals surface area contributed by atoms with Gasteiger partial charge in [-0.05, 0) is 41.5 Å². The molecule has 2 aliphatic rings. The molecule has 1 aliphatic heterocycles. The largest absolute Gasteiger partial charge is 0.339 e. The maximum absolute atomic E-state index is 12.7. The van der Waals surface area contributed by atoms with Crippen LogP contribution in [0.4, 0.5) is 0 Å². The van der Waals surface area contributed by atoms with Crippen LogP contribution in [0.5, 0.6) is 0 Å². The molecule has 1 aromatic heterocycles. The lowest BCUT2D eigenvalue weighted by Gasteiger charge is -2.35. The molecule has 1 aliphatic carbocycles. The molecule has 24 heavy (non-hydrogen) atoms. The summed E-state index contributed by atoms with van der Waals surface area (Å²) in [6.45, 7) is 2.39. The number of benzene rings is 1. The van der Waals surface area contributed by atoms with E-state index >= 15 is 0 Å². The lowest BCUT2D eigenvalue weighted by molar-refractivity contribution is -0.134. The van der Waals surface area contributed by atoms with E-state index in [0.717, 1.165) is 18.5 Å². The first-order valence-corrected chi connectivity index (χ1v) is 8.14. The molecule has 0 atom stereocenters. The van der Waals surface area contributed by atoms with E-state index in [1.54, 1.807) is 17.0 Å². The maximum atomic E-state index is 12.7. The van der Waals surface area contributed by atoms with Gasteiger partial charge in [-0.1, -0.05) is 6.07 Å². The van der Waals surface area contributed by atoms with Gasteiger partial charge in [0.05, 0.1) is 5.69 Å². The zero-order valence-electron chi connectivity index (χ0n) is 13.2. The van der Waals surface area contributed by atoms with E-state index in [9.17, 15) is 9.59 Å². The minimum atomic E-state index is -0.0246. The highest BCUT2D eigenvalue weighted by Crippen LogP contribution is 2.31. The van der Waals surface area contributed by atoms with Crippen LogP contribution in [0.2, 0.25) is 0 Å². The molecule has 0 unspecified atom stereocenters. The van der Waals surface area contributed by atoms with Gasteiger partial charge in [0, 0.05) is 37.7 Å². The lowest BCUT2D eigenvalue weighted by atomic mass is 10.1. The Balaban J connectivity index is 1.43. The summed E-state index contributed by atoms with van der Waals surface area (Å²) >= 11 is 0. The zero-order chi connectivity index (χ0) is 16.5. The Bertz CT molecular complexity index is 748. The van der Waals surface area contributed by atoms with Crippen molar-refractivity contribution in [2.75, 3.05) is 26.2 Å². The Hall–Kier alpha value is -2.77. The molecule has 2 heterocycles. The van der Waals surface area contributed by atoms with E-state index < -0.39 is 0 Å². The summed E-state index contributed by atoms with van der Waals surface area (Å²) in [5, 5.41) is 11.1. The fourth-order valence-corrected chi connectivity index (χ4v) is 2.96. The Kier molecular flexibility index (Phi) is 3.72. The highest BCUT2D eigenvalue weighted by atomic mass is 16.2. The number of piperazine rings is 1. The number of tetrazole rings is 1. The first-order valence-electron chi connectivity index (χ1n) is 8.14. The third kappa shape index (κ3) is 2.86. The SMILES string of the molecule is O=C(c1cccc(-n2cnnn2)c1)N1CCN(C(=O)C2CC2)CC1. The molecule has 2 aromatic rings. The minimum Gasteiger partial charge on any atom is -0.339 e. The second-order valence-corrected chi connectivity index (χ2v) is 6.20. The fraction of sp³-hybridized carbons (Fsp3) is 0.438. The van der Waals surface area contributed by atoms with Crippen molar-refractivity contribution in [1.29, 1.82) is 0 Å². The molecule has 0 N–H and O–H groups in total. The number of carbonyl (C=O) groups is 2. The van der Waals surface area contributed by atoms with Gasteiger partial charge in [0.2, 0.25) is 5.91 Å². The summed E-state index contributed by atoms with van der Waals surface area (Å²) < 4.78 is 1.52. The maximum Gasteiger partial charge on any atom is 0.254 e. The zero-order valence-corrected chi connectivity index (χ0v) is 13.2. The molecule has 8 heteroatoms. The van der Waals surface area contributed by atoms with Gasteiger partial charge in [-0.2, -0.15) is 0 Å². The number of hydrogen-bond acceptors (Lipinski definition) is 5. The number of nitrogens with zero attached hydrogens (tertiary/aromatic N) is 6. The van der Waals surface area contributed by atoms with Crippen molar-refractivity contribution in [1.82, 2.24) is 30.0 Å². The Morgan fingerprint density at radius 3 is 2.46 bits per heavy atom. The van der Waals surface area contributed by atoms with E-state index in [1.165, 1.54) is 11.0 Å². The van der Waals surface area contributed by atoms with Gasteiger partial charge in [0.25, 0.3) is 5.91 Å². The van der Waals surface area contributed by atoms with Crippen molar-refractivity contribution in [3.63, 3.8) is 0 Å². The lowest BCUT2D eigenvalue weighted by Crippen LogP contribution is -2.51. The molecular formula is C16H18N6O2. The van der Waals surface area contributed by atoms with Crippen LogP contribution in [-0.2, 0) is 4.79 Å². The number of aromatic nitrogens is 4. The van der Waals surface area contributed by atoms with Gasteiger partial charge in [0.15, 0.2) is 0 Å². The normalized spacial score (nSPS) is 17.8. The number of rotatable bonds is 3. The summed E-state index contributed by atoms with van der Waals surface area (Å²) in [7, 11) is 0. The van der Waals surface area contributed by atoms with Crippen LogP contribution in [-0.4, -0.2) is 68.0 Å². The number of hydrogen-bond donors (Lipinski definition) is 0. The van der Waals surface area contributed by atoms with Gasteiger partial charge in [-0.15, -0.1) is 5.10 Å². The van der Waals surface area contributed by atoms with Crippen LogP contribution in [0.15, 0.2) is 30.6 Å². The minimum absolute atomic E-state index is 0.0246. The molecular weight excluding hydrogens is 308 g/mol. The molecule has 0 bridgehead atoms. The van der Waals surface area contributed by atoms with Crippen LogP contribution in [0.3, 0.4) is 0 Å². The molecule has 8 nitrogen and oxygen atoms in total. The van der Waals surface area contributed by atoms with Crippen molar-refractivity contribution in [3.05, 3.63) is 36.2 Å². The monoisotopic (exact) mass is 326 g/mol. The summed E-state index contributed by atoms with van der Waals surface area (Å²) in [6.07, 6.45) is 3.52. The highest BCUT2D eigenvalue weighted by Gasteiger charge is 2.35. The molecule has 2 amide bonds. The van der Waals surface area contributed by atoms with Gasteiger partial charge in [0.1, 0.15) is 6.33 Å². The topological polar surface area (TPSA) is 84.2 Å². The summed E-state index contributed by atoms with van der Waals surface area (Å²) in [4.78, 5) is 28.5. The Morgan fingerprint density at radius 1 is 1.04 bits per heavy atom. The van der Waals surface area contributed by atoms with Crippen LogP contribution >= 0.6 is 0 Å². The molecule has 1 saturated carbocycles. The summed E-state index contributed by atoms with van der Waals surface area (Å²) in [6, 6.07) is 7.23. The molecule has 1 saturated heterocycles. The first-order chi connectivity index (χ1) is 11.7. The average molecular weight is 326 g/mol. The quantitative estimate of drug-likeness (QED) is 0.813. The Labute approximate surface area is 139 Å². The number of amides is 2. The van der Waals surface area contributed by atoms with Crippen LogP contribution < -0.4 is 0 Å². The van der Waals surface area contributed by atoms with Crippen molar-refractivity contribution in [3.8, 4) is 5.69 Å². The summed E-state index contributed by atoms with van der Waals surface area (Å²) in [5.41, 5.74) is 1.35. The third-order valence-electron chi connectivity index (χ3n) is 4.51. The van der Waals surface area contributed by atoms with E-state index in [2.05, 4.69) is 15.5 Å². The highest BCUT2D eigenvalue weighted by molar-refractivity contribution is 5.95. The fourth-order valence-electron chi connectivity index (χ4n) is 2.96. The molecule has 0 radical (unpaired) electrons. The van der Waals surface area contributed by atoms with Gasteiger partial charge in [-0.3, -0.25) is 9.59 Å². The van der Waals surface area contributed by atoms with Crippen molar-refractivity contribution in [2.45, 2.75) is 12.8 Å². The van der Waals surface area contributed by atoms with Crippen molar-refractivity contribution in [2.24, 2.45) is 5.92 Å². The smallest absolute Gasteiger partial charge is 0.254 e. The van der Waals surface area contributed by atoms with Crippen LogP contribution in [0.1, 0.15) is 23.2 Å². The van der Waals surface area contributed by atoms with Crippen molar-refractivity contribution >= 4 is 11.8 Å². The number of carbonyl (C=O) groups excluding carboxylic acids is 2. The second-order valence-electron chi connectivity index (χ2n) is 6.20. The van der Waals surface area contributed by atoms with Gasteiger partial charge < -0.3 is 9.80 Å². The molecule has 124 valence electrons. The van der Waals surface area contributed by atoms with Crippen molar-refractivity contribution < 1.29 is 9.59 Å². The Morgan fingerprint density at radius 2 is 1.79 bits per heavy atom. The van der Waals surface area contributed by atoms with Crippen LogP contribution in [0.25, 0.3) is 5.69 Å². The van der Waals surface area contributed by atoms with Gasteiger partial charge >= 0.3 is 0 Å². The molecule has 0 spiro atoms. The third-order valence-corrected chi connectivity index (χ3v) is 4.51.